The second-order valence-electron chi connectivity index (χ2n) is 8.50. The number of piperidine rings is 3. The van der Waals surface area contributed by atoms with Gasteiger partial charge in [-0.1, -0.05) is 30.3 Å². The highest BCUT2D eigenvalue weighted by Gasteiger charge is 2.43. The first-order valence-corrected chi connectivity index (χ1v) is 10.5. The van der Waals surface area contributed by atoms with Gasteiger partial charge in [-0.25, -0.2) is 0 Å². The maximum absolute atomic E-state index is 12.4. The summed E-state index contributed by atoms with van der Waals surface area (Å²) in [6.45, 7) is 4.04. The Kier molecular flexibility index (Phi) is 5.77. The number of carbonyl (C=O) groups is 2. The van der Waals surface area contributed by atoms with Gasteiger partial charge in [0, 0.05) is 38.6 Å². The normalized spacial score (nSPS) is 27.9. The number of aryl methyl sites for hydroxylation is 1. The number of hydrogen-bond donors (Lipinski definition) is 1. The number of fused-ring (bicyclic) bond motifs is 4. The van der Waals surface area contributed by atoms with Crippen molar-refractivity contribution in [1.82, 2.24) is 15.1 Å². The van der Waals surface area contributed by atoms with Crippen molar-refractivity contribution in [3.8, 4) is 0 Å². The Labute approximate surface area is 162 Å². The van der Waals surface area contributed by atoms with E-state index in [0.717, 1.165) is 58.3 Å². The Morgan fingerprint density at radius 3 is 2.85 bits per heavy atom. The quantitative estimate of drug-likeness (QED) is 0.781. The summed E-state index contributed by atoms with van der Waals surface area (Å²) in [6.07, 6.45) is 6.10. The molecule has 3 atom stereocenters. The standard InChI is InChI=1S/C22H31N3O2/c26-21(23-11-5-8-17-6-2-1-3-7-17)16-24-13-18-12-19(15-24)20-9-4-10-22(27)25(20)14-18/h1-3,6-7,18-20H,4-5,8-16H2,(H,23,26)/t18-,19-,20-/m1/s1. The average molecular weight is 370 g/mol. The van der Waals surface area contributed by atoms with Crippen molar-refractivity contribution >= 4 is 11.8 Å². The molecule has 3 saturated heterocycles. The summed E-state index contributed by atoms with van der Waals surface area (Å²) in [5.74, 6) is 1.57. The molecule has 2 bridgehead atoms. The van der Waals surface area contributed by atoms with Crippen LogP contribution in [0.1, 0.15) is 37.7 Å². The number of amides is 2. The Morgan fingerprint density at radius 1 is 1.15 bits per heavy atom. The van der Waals surface area contributed by atoms with Crippen molar-refractivity contribution in [2.24, 2.45) is 11.8 Å². The lowest BCUT2D eigenvalue weighted by molar-refractivity contribution is -0.145. The van der Waals surface area contributed by atoms with Crippen molar-refractivity contribution in [3.05, 3.63) is 35.9 Å². The zero-order valence-electron chi connectivity index (χ0n) is 16.1. The van der Waals surface area contributed by atoms with Gasteiger partial charge in [-0.05, 0) is 49.5 Å². The summed E-state index contributed by atoms with van der Waals surface area (Å²) in [7, 11) is 0. The van der Waals surface area contributed by atoms with Crippen LogP contribution in [0.3, 0.4) is 0 Å². The highest BCUT2D eigenvalue weighted by atomic mass is 16.2. The summed E-state index contributed by atoms with van der Waals surface area (Å²) in [5.41, 5.74) is 1.32. The van der Waals surface area contributed by atoms with E-state index in [-0.39, 0.29) is 5.91 Å². The van der Waals surface area contributed by atoms with E-state index in [1.807, 2.05) is 6.07 Å². The molecule has 1 aromatic rings. The van der Waals surface area contributed by atoms with E-state index in [2.05, 4.69) is 39.4 Å². The summed E-state index contributed by atoms with van der Waals surface area (Å²) in [4.78, 5) is 29.1. The number of likely N-dealkylation sites (tertiary alicyclic amines) is 1. The molecule has 0 spiro atoms. The van der Waals surface area contributed by atoms with E-state index < -0.39 is 0 Å². The molecular weight excluding hydrogens is 338 g/mol. The fraction of sp³-hybridized carbons (Fsp3) is 0.636. The predicted molar refractivity (Wildman–Crippen MR) is 105 cm³/mol. The van der Waals surface area contributed by atoms with Gasteiger partial charge in [0.2, 0.25) is 11.8 Å². The molecule has 0 aromatic heterocycles. The van der Waals surface area contributed by atoms with E-state index in [4.69, 9.17) is 0 Å². The molecule has 3 aliphatic rings. The fourth-order valence-corrected chi connectivity index (χ4v) is 5.27. The molecule has 5 heteroatoms. The van der Waals surface area contributed by atoms with E-state index >= 15 is 0 Å². The summed E-state index contributed by atoms with van der Waals surface area (Å²) in [5, 5.41) is 3.08. The molecule has 3 heterocycles. The van der Waals surface area contributed by atoms with E-state index in [1.165, 1.54) is 12.0 Å². The summed E-state index contributed by atoms with van der Waals surface area (Å²) < 4.78 is 0. The molecule has 4 rings (SSSR count). The second-order valence-corrected chi connectivity index (χ2v) is 8.50. The maximum Gasteiger partial charge on any atom is 0.234 e. The van der Waals surface area contributed by atoms with Gasteiger partial charge in [-0.15, -0.1) is 0 Å². The van der Waals surface area contributed by atoms with Crippen LogP contribution in [-0.4, -0.2) is 60.4 Å². The van der Waals surface area contributed by atoms with Crippen molar-refractivity contribution in [3.63, 3.8) is 0 Å². The molecular formula is C22H31N3O2. The Bertz CT molecular complexity index is 663. The van der Waals surface area contributed by atoms with Gasteiger partial charge >= 0.3 is 0 Å². The Morgan fingerprint density at radius 2 is 2.00 bits per heavy atom. The number of benzene rings is 1. The SMILES string of the molecule is O=C(CN1C[C@H]2C[C@H](C1)[C@H]1CCCC(=O)N1C2)NCCCc1ccccc1. The molecule has 0 unspecified atom stereocenters. The van der Waals surface area contributed by atoms with Crippen LogP contribution in [0.4, 0.5) is 0 Å². The number of nitrogens with zero attached hydrogens (tertiary/aromatic N) is 2. The molecule has 0 radical (unpaired) electrons. The van der Waals surface area contributed by atoms with Crippen molar-refractivity contribution < 1.29 is 9.59 Å². The first-order chi connectivity index (χ1) is 13.2. The first-order valence-electron chi connectivity index (χ1n) is 10.5. The summed E-state index contributed by atoms with van der Waals surface area (Å²) in [6, 6.07) is 10.8. The summed E-state index contributed by atoms with van der Waals surface area (Å²) >= 11 is 0. The third-order valence-electron chi connectivity index (χ3n) is 6.43. The molecule has 3 aliphatic heterocycles. The van der Waals surface area contributed by atoms with Gasteiger partial charge in [-0.2, -0.15) is 0 Å². The minimum absolute atomic E-state index is 0.139. The minimum atomic E-state index is 0.139. The Hall–Kier alpha value is -1.88. The van der Waals surface area contributed by atoms with Crippen molar-refractivity contribution in [2.45, 2.75) is 44.6 Å². The van der Waals surface area contributed by atoms with Crippen LogP contribution in [0.25, 0.3) is 0 Å². The highest BCUT2D eigenvalue weighted by Crippen LogP contribution is 2.37. The van der Waals surface area contributed by atoms with Gasteiger partial charge in [-0.3, -0.25) is 14.5 Å². The third-order valence-corrected chi connectivity index (χ3v) is 6.43. The van der Waals surface area contributed by atoms with Crippen molar-refractivity contribution in [1.29, 1.82) is 0 Å². The monoisotopic (exact) mass is 369 g/mol. The van der Waals surface area contributed by atoms with Crippen molar-refractivity contribution in [2.75, 3.05) is 32.7 Å². The fourth-order valence-electron chi connectivity index (χ4n) is 5.27. The zero-order valence-corrected chi connectivity index (χ0v) is 16.1. The van der Waals surface area contributed by atoms with E-state index in [9.17, 15) is 9.59 Å². The molecule has 1 N–H and O–H groups in total. The molecule has 27 heavy (non-hydrogen) atoms. The predicted octanol–water partition coefficient (Wildman–Crippen LogP) is 2.07. The third kappa shape index (κ3) is 4.52. The van der Waals surface area contributed by atoms with Crippen LogP contribution in [0.2, 0.25) is 0 Å². The van der Waals surface area contributed by atoms with Crippen LogP contribution in [-0.2, 0) is 16.0 Å². The van der Waals surface area contributed by atoms with Crippen LogP contribution >= 0.6 is 0 Å². The Balaban J connectivity index is 1.21. The van der Waals surface area contributed by atoms with Crippen LogP contribution in [0.15, 0.2) is 30.3 Å². The van der Waals surface area contributed by atoms with Crippen LogP contribution in [0.5, 0.6) is 0 Å². The molecule has 3 fully saturated rings. The largest absolute Gasteiger partial charge is 0.355 e. The van der Waals surface area contributed by atoms with E-state index in [0.29, 0.717) is 30.3 Å². The lowest BCUT2D eigenvalue weighted by Gasteiger charge is -2.52. The maximum atomic E-state index is 12.4. The number of hydrogen-bond acceptors (Lipinski definition) is 3. The first kappa shape index (κ1) is 18.5. The van der Waals surface area contributed by atoms with Crippen LogP contribution < -0.4 is 5.32 Å². The average Bonchev–Trinajstić information content (AvgIpc) is 2.67. The van der Waals surface area contributed by atoms with Gasteiger partial charge < -0.3 is 10.2 Å². The molecule has 2 amide bonds. The lowest BCUT2D eigenvalue weighted by atomic mass is 9.76. The van der Waals surface area contributed by atoms with Gasteiger partial charge in [0.15, 0.2) is 0 Å². The smallest absolute Gasteiger partial charge is 0.234 e. The molecule has 0 aliphatic carbocycles. The topological polar surface area (TPSA) is 52.7 Å². The number of rotatable bonds is 6. The van der Waals surface area contributed by atoms with Gasteiger partial charge in [0.05, 0.1) is 6.54 Å². The number of nitrogens with one attached hydrogen (secondary N) is 1. The van der Waals surface area contributed by atoms with Gasteiger partial charge in [0.1, 0.15) is 0 Å². The second kappa shape index (κ2) is 8.42. The highest BCUT2D eigenvalue weighted by molar-refractivity contribution is 5.78. The molecule has 1 aromatic carbocycles. The molecule has 5 nitrogen and oxygen atoms in total. The zero-order chi connectivity index (χ0) is 18.6. The minimum Gasteiger partial charge on any atom is -0.355 e. The van der Waals surface area contributed by atoms with E-state index in [1.54, 1.807) is 0 Å². The van der Waals surface area contributed by atoms with Crippen LogP contribution in [0, 0.1) is 11.8 Å². The molecule has 146 valence electrons. The van der Waals surface area contributed by atoms with Gasteiger partial charge in [0.25, 0.3) is 0 Å². The number of carbonyl (C=O) groups excluding carboxylic acids is 2. The lowest BCUT2D eigenvalue weighted by Crippen LogP contribution is -2.61. The molecule has 0 saturated carbocycles.